The molecule has 2 rings (SSSR count). The highest BCUT2D eigenvalue weighted by Gasteiger charge is 2.22. The van der Waals surface area contributed by atoms with Gasteiger partial charge in [-0.05, 0) is 31.3 Å². The normalized spacial score (nSPS) is 11.7. The monoisotopic (exact) mass is 308 g/mol. The first-order chi connectivity index (χ1) is 9.90. The number of aromatic nitrogens is 1. The molecule has 1 aromatic carbocycles. The van der Waals surface area contributed by atoms with Crippen LogP contribution in [0.2, 0.25) is 0 Å². The molecule has 0 saturated carbocycles. The Kier molecular flexibility index (Phi) is 4.96. The maximum atomic E-state index is 12.8. The average Bonchev–Trinajstić information content (AvgIpc) is 2.82. The van der Waals surface area contributed by atoms with Crippen LogP contribution >= 0.6 is 11.3 Å². The third-order valence-electron chi connectivity index (χ3n) is 2.97. The molecule has 5 heteroatoms. The molecule has 0 aliphatic rings. The molecule has 1 aromatic heterocycles. The van der Waals surface area contributed by atoms with Crippen LogP contribution in [0.1, 0.15) is 36.3 Å². The van der Waals surface area contributed by atoms with Crippen LogP contribution in [0, 0.1) is 5.82 Å². The highest BCUT2D eigenvalue weighted by Crippen LogP contribution is 2.30. The van der Waals surface area contributed by atoms with Crippen LogP contribution in [-0.4, -0.2) is 12.0 Å². The van der Waals surface area contributed by atoms with Crippen LogP contribution < -0.4 is 10.1 Å². The maximum absolute atomic E-state index is 12.8. The summed E-state index contributed by atoms with van der Waals surface area (Å²) in [6.07, 6.45) is 0. The lowest BCUT2D eigenvalue weighted by molar-refractivity contribution is 0.304. The fraction of sp³-hybridized carbons (Fsp3) is 0.438. The van der Waals surface area contributed by atoms with Crippen molar-refractivity contribution in [3.8, 4) is 5.75 Å². The molecule has 0 spiro atoms. The highest BCUT2D eigenvalue weighted by atomic mass is 32.1. The summed E-state index contributed by atoms with van der Waals surface area (Å²) in [6.45, 7) is 7.69. The molecular formula is C16H21FN2OS. The molecular weight excluding hydrogens is 287 g/mol. The summed E-state index contributed by atoms with van der Waals surface area (Å²) in [6, 6.07) is 6.04. The zero-order valence-electron chi connectivity index (χ0n) is 12.9. The van der Waals surface area contributed by atoms with Crippen LogP contribution in [0.4, 0.5) is 4.39 Å². The molecule has 0 aliphatic heterocycles. The smallest absolute Gasteiger partial charge is 0.140 e. The van der Waals surface area contributed by atoms with Gasteiger partial charge < -0.3 is 10.1 Å². The molecule has 0 saturated heterocycles. The minimum absolute atomic E-state index is 0.0107. The highest BCUT2D eigenvalue weighted by molar-refractivity contribution is 7.11. The second kappa shape index (κ2) is 6.54. The van der Waals surface area contributed by atoms with Crippen molar-refractivity contribution >= 4 is 11.3 Å². The molecule has 0 fully saturated rings. The Morgan fingerprint density at radius 2 is 1.90 bits per heavy atom. The van der Waals surface area contributed by atoms with Gasteiger partial charge in [0, 0.05) is 16.8 Å². The number of hydrogen-bond donors (Lipinski definition) is 1. The third kappa shape index (κ3) is 4.25. The van der Waals surface area contributed by atoms with Gasteiger partial charge in [0.2, 0.25) is 0 Å². The number of benzene rings is 1. The van der Waals surface area contributed by atoms with E-state index in [0.29, 0.717) is 12.4 Å². The van der Waals surface area contributed by atoms with E-state index in [1.54, 1.807) is 23.5 Å². The number of ether oxygens (including phenoxy) is 1. The topological polar surface area (TPSA) is 34.1 Å². The molecule has 0 atom stereocenters. The zero-order chi connectivity index (χ0) is 15.5. The Morgan fingerprint density at radius 1 is 1.24 bits per heavy atom. The predicted molar refractivity (Wildman–Crippen MR) is 84.3 cm³/mol. The standard InChI is InChI=1S/C16H21FN2OS/c1-16(2,3)15-13(9-18-4)21-14(19-15)10-20-12-7-5-11(17)6-8-12/h5-8,18H,9-10H2,1-4H3. The van der Waals surface area contributed by atoms with Gasteiger partial charge >= 0.3 is 0 Å². The fourth-order valence-electron chi connectivity index (χ4n) is 2.00. The summed E-state index contributed by atoms with van der Waals surface area (Å²) >= 11 is 1.66. The minimum atomic E-state index is -0.261. The summed E-state index contributed by atoms with van der Waals surface area (Å²) in [5, 5.41) is 4.12. The number of hydrogen-bond acceptors (Lipinski definition) is 4. The van der Waals surface area contributed by atoms with E-state index in [-0.39, 0.29) is 11.2 Å². The van der Waals surface area contributed by atoms with E-state index in [2.05, 4.69) is 26.1 Å². The second-order valence-electron chi connectivity index (χ2n) is 5.90. The van der Waals surface area contributed by atoms with Crippen molar-refractivity contribution in [2.24, 2.45) is 0 Å². The quantitative estimate of drug-likeness (QED) is 0.910. The molecule has 0 bridgehead atoms. The Morgan fingerprint density at radius 3 is 2.48 bits per heavy atom. The SMILES string of the molecule is CNCc1sc(COc2ccc(F)cc2)nc1C(C)(C)C. The van der Waals surface area contributed by atoms with Crippen LogP contribution in [0.5, 0.6) is 5.75 Å². The number of rotatable bonds is 5. The molecule has 0 amide bonds. The van der Waals surface area contributed by atoms with Crippen molar-refractivity contribution in [2.45, 2.75) is 39.3 Å². The maximum Gasteiger partial charge on any atom is 0.140 e. The lowest BCUT2D eigenvalue weighted by Crippen LogP contribution is -2.16. The van der Waals surface area contributed by atoms with Crippen molar-refractivity contribution in [1.29, 1.82) is 0 Å². The second-order valence-corrected chi connectivity index (χ2v) is 7.07. The summed E-state index contributed by atoms with van der Waals surface area (Å²) in [5.74, 6) is 0.391. The molecule has 0 radical (unpaired) electrons. The molecule has 1 heterocycles. The van der Waals surface area contributed by atoms with E-state index in [9.17, 15) is 4.39 Å². The van der Waals surface area contributed by atoms with E-state index < -0.39 is 0 Å². The van der Waals surface area contributed by atoms with Gasteiger partial charge in [0.15, 0.2) is 0 Å². The molecule has 114 valence electrons. The van der Waals surface area contributed by atoms with Gasteiger partial charge in [-0.3, -0.25) is 0 Å². The predicted octanol–water partition coefficient (Wildman–Crippen LogP) is 3.88. The first kappa shape index (κ1) is 15.9. The van der Waals surface area contributed by atoms with Crippen molar-refractivity contribution in [1.82, 2.24) is 10.3 Å². The van der Waals surface area contributed by atoms with E-state index in [1.807, 2.05) is 7.05 Å². The Labute approximate surface area is 129 Å². The van der Waals surface area contributed by atoms with Gasteiger partial charge in [-0.15, -0.1) is 11.3 Å². The fourth-order valence-corrected chi connectivity index (χ4v) is 3.21. The van der Waals surface area contributed by atoms with Crippen LogP contribution in [0.3, 0.4) is 0 Å². The van der Waals surface area contributed by atoms with E-state index >= 15 is 0 Å². The van der Waals surface area contributed by atoms with Crippen LogP contribution in [0.15, 0.2) is 24.3 Å². The first-order valence-electron chi connectivity index (χ1n) is 6.92. The lowest BCUT2D eigenvalue weighted by Gasteiger charge is -2.17. The van der Waals surface area contributed by atoms with Gasteiger partial charge in [-0.1, -0.05) is 20.8 Å². The minimum Gasteiger partial charge on any atom is -0.486 e. The Bertz CT molecular complexity index is 587. The number of thiazole rings is 1. The summed E-state index contributed by atoms with van der Waals surface area (Å²) < 4.78 is 18.5. The average molecular weight is 308 g/mol. The molecule has 0 unspecified atom stereocenters. The first-order valence-corrected chi connectivity index (χ1v) is 7.74. The van der Waals surface area contributed by atoms with Gasteiger partial charge in [-0.2, -0.15) is 0 Å². The van der Waals surface area contributed by atoms with Gasteiger partial charge in [-0.25, -0.2) is 9.37 Å². The number of nitrogens with one attached hydrogen (secondary N) is 1. The zero-order valence-corrected chi connectivity index (χ0v) is 13.7. The van der Waals surface area contributed by atoms with Crippen molar-refractivity contribution in [3.05, 3.63) is 45.7 Å². The van der Waals surface area contributed by atoms with E-state index in [4.69, 9.17) is 9.72 Å². The third-order valence-corrected chi connectivity index (χ3v) is 3.99. The molecule has 3 nitrogen and oxygen atoms in total. The van der Waals surface area contributed by atoms with E-state index in [1.165, 1.54) is 17.0 Å². The summed E-state index contributed by atoms with van der Waals surface area (Å²) in [5.41, 5.74) is 1.12. The van der Waals surface area contributed by atoms with Crippen LogP contribution in [-0.2, 0) is 18.6 Å². The molecule has 1 N–H and O–H groups in total. The van der Waals surface area contributed by atoms with Crippen molar-refractivity contribution in [3.63, 3.8) is 0 Å². The van der Waals surface area contributed by atoms with Crippen molar-refractivity contribution in [2.75, 3.05) is 7.05 Å². The Hall–Kier alpha value is -1.46. The number of nitrogens with zero attached hydrogens (tertiary/aromatic N) is 1. The van der Waals surface area contributed by atoms with E-state index in [0.717, 1.165) is 17.2 Å². The van der Waals surface area contributed by atoms with Gasteiger partial charge in [0.25, 0.3) is 0 Å². The molecule has 2 aromatic rings. The van der Waals surface area contributed by atoms with Crippen molar-refractivity contribution < 1.29 is 9.13 Å². The largest absolute Gasteiger partial charge is 0.486 e. The molecule has 0 aliphatic carbocycles. The Balaban J connectivity index is 2.11. The molecule has 21 heavy (non-hydrogen) atoms. The summed E-state index contributed by atoms with van der Waals surface area (Å²) in [7, 11) is 1.93. The number of halogens is 1. The lowest BCUT2D eigenvalue weighted by atomic mass is 9.91. The van der Waals surface area contributed by atoms with Gasteiger partial charge in [0.1, 0.15) is 23.2 Å². The summed E-state index contributed by atoms with van der Waals surface area (Å²) in [4.78, 5) is 5.95. The van der Waals surface area contributed by atoms with Crippen LogP contribution in [0.25, 0.3) is 0 Å². The van der Waals surface area contributed by atoms with Gasteiger partial charge in [0.05, 0.1) is 5.69 Å².